The molecule has 0 heterocycles. The summed E-state index contributed by atoms with van der Waals surface area (Å²) >= 11 is 0. The molecule has 0 aliphatic rings. The summed E-state index contributed by atoms with van der Waals surface area (Å²) in [6, 6.07) is 6.23. The normalized spacial score (nSPS) is 9.65. The standard InChI is InChI=1S/C13H15N3O4/c1-3-15(9-12(17)20-4-2)11-7-5-6-10(8-14)13(11)16(18)19/h5-7H,3-4,9H2,1-2H3. The molecule has 0 aliphatic heterocycles. The van der Waals surface area contributed by atoms with Crippen LogP contribution in [0.4, 0.5) is 11.4 Å². The number of rotatable bonds is 6. The molecule has 106 valence electrons. The first kappa shape index (κ1) is 15.4. The molecule has 0 saturated heterocycles. The number of nitro groups is 1. The van der Waals surface area contributed by atoms with Crippen molar-refractivity contribution in [1.29, 1.82) is 5.26 Å². The highest BCUT2D eigenvalue weighted by atomic mass is 16.6. The van der Waals surface area contributed by atoms with E-state index in [2.05, 4.69) is 0 Å². The number of likely N-dealkylation sites (N-methyl/N-ethyl adjacent to an activating group) is 1. The van der Waals surface area contributed by atoms with Gasteiger partial charge in [-0.15, -0.1) is 0 Å². The first-order valence-corrected chi connectivity index (χ1v) is 6.13. The van der Waals surface area contributed by atoms with Gasteiger partial charge in [-0.25, -0.2) is 0 Å². The zero-order valence-electron chi connectivity index (χ0n) is 11.3. The molecule has 0 fully saturated rings. The summed E-state index contributed by atoms with van der Waals surface area (Å²) in [5.74, 6) is -0.467. The number of anilines is 1. The maximum Gasteiger partial charge on any atom is 0.325 e. The lowest BCUT2D eigenvalue weighted by Crippen LogP contribution is -2.31. The van der Waals surface area contributed by atoms with E-state index >= 15 is 0 Å². The van der Waals surface area contributed by atoms with Gasteiger partial charge >= 0.3 is 11.7 Å². The number of hydrogen-bond donors (Lipinski definition) is 0. The zero-order valence-corrected chi connectivity index (χ0v) is 11.3. The van der Waals surface area contributed by atoms with Gasteiger partial charge in [-0.2, -0.15) is 5.26 Å². The number of nitriles is 1. The van der Waals surface area contributed by atoms with Crippen LogP contribution in [0.15, 0.2) is 18.2 Å². The van der Waals surface area contributed by atoms with Crippen molar-refractivity contribution in [3.63, 3.8) is 0 Å². The number of esters is 1. The first-order valence-electron chi connectivity index (χ1n) is 6.13. The molecule has 1 rings (SSSR count). The summed E-state index contributed by atoms with van der Waals surface area (Å²) in [4.78, 5) is 23.6. The highest BCUT2D eigenvalue weighted by molar-refractivity contribution is 5.79. The maximum absolute atomic E-state index is 11.5. The highest BCUT2D eigenvalue weighted by Crippen LogP contribution is 2.31. The Bertz CT molecular complexity index is 551. The minimum atomic E-state index is -0.609. The molecule has 0 radical (unpaired) electrons. The van der Waals surface area contributed by atoms with E-state index in [0.717, 1.165) is 0 Å². The molecule has 0 unspecified atom stereocenters. The average molecular weight is 277 g/mol. The van der Waals surface area contributed by atoms with Crippen molar-refractivity contribution in [1.82, 2.24) is 0 Å². The van der Waals surface area contributed by atoms with Gasteiger partial charge in [0.1, 0.15) is 23.9 Å². The van der Waals surface area contributed by atoms with E-state index in [9.17, 15) is 14.9 Å². The number of para-hydroxylation sites is 1. The van der Waals surface area contributed by atoms with Crippen LogP contribution in [0, 0.1) is 21.4 Å². The van der Waals surface area contributed by atoms with Gasteiger partial charge < -0.3 is 9.64 Å². The van der Waals surface area contributed by atoms with Gasteiger partial charge in [0.25, 0.3) is 0 Å². The van der Waals surface area contributed by atoms with Crippen LogP contribution in [0.25, 0.3) is 0 Å². The molecule has 1 aromatic carbocycles. The van der Waals surface area contributed by atoms with E-state index in [1.54, 1.807) is 26.0 Å². The predicted molar refractivity (Wildman–Crippen MR) is 72.3 cm³/mol. The van der Waals surface area contributed by atoms with E-state index in [-0.39, 0.29) is 30.1 Å². The minimum Gasteiger partial charge on any atom is -0.465 e. The molecule has 0 bridgehead atoms. The molecule has 0 atom stereocenters. The molecule has 0 aromatic heterocycles. The number of ether oxygens (including phenoxy) is 1. The van der Waals surface area contributed by atoms with Gasteiger partial charge in [0.05, 0.1) is 11.5 Å². The van der Waals surface area contributed by atoms with Crippen molar-refractivity contribution in [3.05, 3.63) is 33.9 Å². The number of carbonyl (C=O) groups is 1. The van der Waals surface area contributed by atoms with Gasteiger partial charge in [-0.05, 0) is 26.0 Å². The lowest BCUT2D eigenvalue weighted by atomic mass is 10.1. The molecule has 7 heteroatoms. The fourth-order valence-electron chi connectivity index (χ4n) is 1.80. The van der Waals surface area contributed by atoms with Crippen molar-refractivity contribution >= 4 is 17.3 Å². The molecular formula is C13H15N3O4. The summed E-state index contributed by atoms with van der Waals surface area (Å²) < 4.78 is 4.84. The highest BCUT2D eigenvalue weighted by Gasteiger charge is 2.24. The van der Waals surface area contributed by atoms with Gasteiger partial charge in [-0.3, -0.25) is 14.9 Å². The molecule has 7 nitrogen and oxygen atoms in total. The predicted octanol–water partition coefficient (Wildman–Crippen LogP) is 1.86. The van der Waals surface area contributed by atoms with E-state index in [1.807, 2.05) is 0 Å². The van der Waals surface area contributed by atoms with Crippen LogP contribution < -0.4 is 4.90 Å². The summed E-state index contributed by atoms with van der Waals surface area (Å²) in [5, 5.41) is 20.1. The van der Waals surface area contributed by atoms with Crippen molar-refractivity contribution in [2.75, 3.05) is 24.6 Å². The Hall–Kier alpha value is -2.62. The van der Waals surface area contributed by atoms with Gasteiger partial charge in [0.15, 0.2) is 0 Å². The van der Waals surface area contributed by atoms with Crippen LogP contribution in [-0.2, 0) is 9.53 Å². The molecule has 0 spiro atoms. The third-order valence-electron chi connectivity index (χ3n) is 2.67. The fourth-order valence-corrected chi connectivity index (χ4v) is 1.80. The van der Waals surface area contributed by atoms with Crippen molar-refractivity contribution in [2.45, 2.75) is 13.8 Å². The number of carbonyl (C=O) groups excluding carboxylic acids is 1. The molecule has 0 N–H and O–H groups in total. The van der Waals surface area contributed by atoms with E-state index in [1.165, 1.54) is 17.0 Å². The second kappa shape index (κ2) is 7.09. The summed E-state index contributed by atoms with van der Waals surface area (Å²) in [5.41, 5.74) is -0.0828. The van der Waals surface area contributed by atoms with Crippen LogP contribution in [0.3, 0.4) is 0 Å². The Morgan fingerprint density at radius 1 is 1.50 bits per heavy atom. The molecule has 20 heavy (non-hydrogen) atoms. The smallest absolute Gasteiger partial charge is 0.325 e. The van der Waals surface area contributed by atoms with Crippen LogP contribution in [-0.4, -0.2) is 30.6 Å². The lowest BCUT2D eigenvalue weighted by molar-refractivity contribution is -0.384. The van der Waals surface area contributed by atoms with Gasteiger partial charge in [0, 0.05) is 6.54 Å². The van der Waals surface area contributed by atoms with Crippen LogP contribution in [0.2, 0.25) is 0 Å². The van der Waals surface area contributed by atoms with E-state index in [4.69, 9.17) is 10.00 Å². The zero-order chi connectivity index (χ0) is 15.1. The molecular weight excluding hydrogens is 262 g/mol. The lowest BCUT2D eigenvalue weighted by Gasteiger charge is -2.21. The Morgan fingerprint density at radius 2 is 2.20 bits per heavy atom. The Kier molecular flexibility index (Phi) is 5.47. The van der Waals surface area contributed by atoms with Gasteiger partial charge in [-0.1, -0.05) is 6.07 Å². The van der Waals surface area contributed by atoms with Crippen molar-refractivity contribution in [3.8, 4) is 6.07 Å². The molecule has 0 saturated carbocycles. The average Bonchev–Trinajstić information content (AvgIpc) is 2.44. The largest absolute Gasteiger partial charge is 0.465 e. The van der Waals surface area contributed by atoms with Crippen LogP contribution in [0.1, 0.15) is 19.4 Å². The summed E-state index contributed by atoms with van der Waals surface area (Å²) in [6.07, 6.45) is 0. The molecule has 0 aliphatic carbocycles. The van der Waals surface area contributed by atoms with Crippen molar-refractivity contribution in [2.24, 2.45) is 0 Å². The monoisotopic (exact) mass is 277 g/mol. The quantitative estimate of drug-likeness (QED) is 0.447. The number of nitro benzene ring substituents is 1. The van der Waals surface area contributed by atoms with Crippen molar-refractivity contribution < 1.29 is 14.5 Å². The Balaban J connectivity index is 3.19. The second-order valence-electron chi connectivity index (χ2n) is 3.86. The summed E-state index contributed by atoms with van der Waals surface area (Å²) in [7, 11) is 0. The SMILES string of the molecule is CCOC(=O)CN(CC)c1cccc(C#N)c1[N+](=O)[O-]. The fraction of sp³-hybridized carbons (Fsp3) is 0.385. The minimum absolute atomic E-state index is 0.0326. The third kappa shape index (κ3) is 3.45. The Morgan fingerprint density at radius 3 is 2.70 bits per heavy atom. The second-order valence-corrected chi connectivity index (χ2v) is 3.86. The topological polar surface area (TPSA) is 96.5 Å². The number of nitrogens with zero attached hydrogens (tertiary/aromatic N) is 3. The number of benzene rings is 1. The Labute approximate surface area is 116 Å². The summed E-state index contributed by atoms with van der Waals surface area (Å²) in [6.45, 7) is 3.99. The molecule has 1 aromatic rings. The van der Waals surface area contributed by atoms with Crippen LogP contribution >= 0.6 is 0 Å². The maximum atomic E-state index is 11.5. The van der Waals surface area contributed by atoms with E-state index < -0.39 is 10.9 Å². The third-order valence-corrected chi connectivity index (χ3v) is 2.67. The van der Waals surface area contributed by atoms with E-state index in [0.29, 0.717) is 6.54 Å². The molecule has 0 amide bonds. The first-order chi connectivity index (χ1) is 9.54. The number of hydrogen-bond acceptors (Lipinski definition) is 6. The van der Waals surface area contributed by atoms with Crippen LogP contribution in [0.5, 0.6) is 0 Å². The van der Waals surface area contributed by atoms with Gasteiger partial charge in [0.2, 0.25) is 0 Å².